The van der Waals surface area contributed by atoms with E-state index in [1.165, 1.54) is 0 Å². The second kappa shape index (κ2) is 3.14. The number of carboxylic acids is 1. The van der Waals surface area contributed by atoms with Crippen LogP contribution in [-0.4, -0.2) is 22.3 Å². The molecule has 0 radical (unpaired) electrons. The van der Waals surface area contributed by atoms with Crippen LogP contribution in [-0.2, 0) is 4.79 Å². The molecule has 0 aromatic heterocycles. The summed E-state index contributed by atoms with van der Waals surface area (Å²) in [5, 5.41) is 18.5. The van der Waals surface area contributed by atoms with Crippen molar-refractivity contribution >= 4 is 5.97 Å². The lowest BCUT2D eigenvalue weighted by Gasteiger charge is -2.34. The molecule has 0 aromatic carbocycles. The third-order valence-corrected chi connectivity index (χ3v) is 2.83. The predicted molar refractivity (Wildman–Crippen MR) is 49.4 cm³/mol. The van der Waals surface area contributed by atoms with Crippen LogP contribution in [0.2, 0.25) is 0 Å². The highest BCUT2D eigenvalue weighted by Crippen LogP contribution is 2.40. The Balaban J connectivity index is 3.17. The molecule has 0 heterocycles. The Morgan fingerprint density at radius 2 is 2.08 bits per heavy atom. The highest BCUT2D eigenvalue weighted by molar-refractivity contribution is 5.89. The van der Waals surface area contributed by atoms with Gasteiger partial charge in [-0.05, 0) is 30.8 Å². The van der Waals surface area contributed by atoms with Gasteiger partial charge >= 0.3 is 5.97 Å². The molecule has 2 N–H and O–H groups in total. The average molecular weight is 184 g/mol. The minimum absolute atomic E-state index is 0.310. The molecule has 0 fully saturated rings. The fourth-order valence-electron chi connectivity index (χ4n) is 2.00. The highest BCUT2D eigenvalue weighted by Gasteiger charge is 2.36. The summed E-state index contributed by atoms with van der Waals surface area (Å²) in [5.41, 5.74) is 0.685. The molecule has 0 aliphatic heterocycles. The minimum Gasteiger partial charge on any atom is -0.478 e. The molecule has 0 amide bonds. The molecule has 1 aliphatic rings. The molecule has 0 aromatic rings. The molecular weight excluding hydrogens is 168 g/mol. The normalized spacial score (nSPS) is 27.5. The molecule has 0 unspecified atom stereocenters. The van der Waals surface area contributed by atoms with Crippen molar-refractivity contribution in [3.63, 3.8) is 0 Å². The second-order valence-electron chi connectivity index (χ2n) is 4.30. The highest BCUT2D eigenvalue weighted by atomic mass is 16.4. The van der Waals surface area contributed by atoms with Crippen molar-refractivity contribution in [2.75, 3.05) is 0 Å². The van der Waals surface area contributed by atoms with Crippen molar-refractivity contribution in [3.05, 3.63) is 11.1 Å². The van der Waals surface area contributed by atoms with Gasteiger partial charge in [0.25, 0.3) is 0 Å². The molecule has 1 aliphatic carbocycles. The zero-order valence-corrected chi connectivity index (χ0v) is 8.29. The zero-order valence-electron chi connectivity index (χ0n) is 8.29. The summed E-state index contributed by atoms with van der Waals surface area (Å²) in [6.45, 7) is 5.52. The largest absolute Gasteiger partial charge is 0.478 e. The number of hydrogen-bond donors (Lipinski definition) is 2. The average Bonchev–Trinajstić information content (AvgIpc) is 1.96. The Kier molecular flexibility index (Phi) is 2.48. The number of aliphatic hydroxyl groups excluding tert-OH is 1. The molecule has 0 bridgehead atoms. The summed E-state index contributed by atoms with van der Waals surface area (Å²) in [7, 11) is 0. The predicted octanol–water partition coefficient (Wildman–Crippen LogP) is 1.57. The first-order chi connectivity index (χ1) is 5.86. The summed E-state index contributed by atoms with van der Waals surface area (Å²) in [4.78, 5) is 11.0. The van der Waals surface area contributed by atoms with Crippen molar-refractivity contribution in [3.8, 4) is 0 Å². The van der Waals surface area contributed by atoms with E-state index in [4.69, 9.17) is 5.11 Å². The van der Waals surface area contributed by atoms with Crippen molar-refractivity contribution in [2.45, 2.75) is 39.7 Å². The van der Waals surface area contributed by atoms with Gasteiger partial charge in [-0.2, -0.15) is 0 Å². The molecule has 3 nitrogen and oxygen atoms in total. The summed E-state index contributed by atoms with van der Waals surface area (Å²) in [6.07, 6.45) is 0.821. The molecule has 13 heavy (non-hydrogen) atoms. The first-order valence-electron chi connectivity index (χ1n) is 4.49. The lowest BCUT2D eigenvalue weighted by atomic mass is 9.72. The van der Waals surface area contributed by atoms with E-state index in [1.807, 2.05) is 13.8 Å². The van der Waals surface area contributed by atoms with Crippen molar-refractivity contribution < 1.29 is 15.0 Å². The van der Waals surface area contributed by atoms with Crippen LogP contribution in [0.5, 0.6) is 0 Å². The number of hydrogen-bond acceptors (Lipinski definition) is 2. The third kappa shape index (κ3) is 1.75. The number of aliphatic hydroxyl groups is 1. The van der Waals surface area contributed by atoms with Crippen molar-refractivity contribution in [1.29, 1.82) is 0 Å². The molecule has 1 atom stereocenters. The fraction of sp³-hybridized carbons (Fsp3) is 0.700. The van der Waals surface area contributed by atoms with E-state index in [-0.39, 0.29) is 5.41 Å². The quantitative estimate of drug-likeness (QED) is 0.650. The lowest BCUT2D eigenvalue weighted by molar-refractivity contribution is -0.134. The Bertz CT molecular complexity index is 263. The Labute approximate surface area is 78.1 Å². The van der Waals surface area contributed by atoms with Gasteiger partial charge in [0.2, 0.25) is 0 Å². The van der Waals surface area contributed by atoms with E-state index < -0.39 is 12.1 Å². The minimum atomic E-state index is -0.902. The number of carboxylic acid groups (broad SMARTS) is 1. The summed E-state index contributed by atoms with van der Waals surface area (Å²) < 4.78 is 0. The van der Waals surface area contributed by atoms with Gasteiger partial charge in [-0.15, -0.1) is 0 Å². The van der Waals surface area contributed by atoms with E-state index >= 15 is 0 Å². The summed E-state index contributed by atoms with van der Waals surface area (Å²) in [6, 6.07) is 0. The van der Waals surface area contributed by atoms with Gasteiger partial charge in [0.15, 0.2) is 0 Å². The van der Waals surface area contributed by atoms with Gasteiger partial charge < -0.3 is 10.2 Å². The van der Waals surface area contributed by atoms with Gasteiger partial charge in [0, 0.05) is 5.57 Å². The smallest absolute Gasteiger partial charge is 0.332 e. The van der Waals surface area contributed by atoms with E-state index in [1.54, 1.807) is 6.92 Å². The fourth-order valence-corrected chi connectivity index (χ4v) is 2.00. The van der Waals surface area contributed by atoms with Gasteiger partial charge in [-0.3, -0.25) is 0 Å². The van der Waals surface area contributed by atoms with Crippen LogP contribution in [0.1, 0.15) is 33.6 Å². The lowest BCUT2D eigenvalue weighted by Crippen LogP contribution is -2.31. The van der Waals surface area contributed by atoms with Crippen LogP contribution in [0, 0.1) is 5.41 Å². The molecule has 74 valence electrons. The van der Waals surface area contributed by atoms with E-state index in [0.29, 0.717) is 17.6 Å². The Hall–Kier alpha value is -0.830. The number of rotatable bonds is 1. The maximum absolute atomic E-state index is 11.0. The van der Waals surface area contributed by atoms with Crippen LogP contribution in [0.3, 0.4) is 0 Å². The summed E-state index contributed by atoms with van der Waals surface area (Å²) in [5.74, 6) is -0.902. The van der Waals surface area contributed by atoms with Crippen molar-refractivity contribution in [2.24, 2.45) is 5.41 Å². The SMILES string of the molecule is CC1=C(C(=O)O)C(C)(C)CC[C@@H]1O. The maximum Gasteiger partial charge on any atom is 0.332 e. The number of aliphatic carboxylic acids is 1. The van der Waals surface area contributed by atoms with E-state index in [9.17, 15) is 9.90 Å². The molecule has 0 saturated heterocycles. The van der Waals surface area contributed by atoms with Gasteiger partial charge in [0.1, 0.15) is 0 Å². The van der Waals surface area contributed by atoms with Crippen molar-refractivity contribution in [1.82, 2.24) is 0 Å². The summed E-state index contributed by atoms with van der Waals surface area (Å²) >= 11 is 0. The topological polar surface area (TPSA) is 57.5 Å². The number of carbonyl (C=O) groups is 1. The molecule has 0 spiro atoms. The molecule has 1 rings (SSSR count). The Morgan fingerprint density at radius 3 is 2.46 bits per heavy atom. The first-order valence-corrected chi connectivity index (χ1v) is 4.49. The van der Waals surface area contributed by atoms with Crippen LogP contribution in [0.4, 0.5) is 0 Å². The molecule has 0 saturated carbocycles. The van der Waals surface area contributed by atoms with Gasteiger partial charge in [0.05, 0.1) is 6.10 Å². The van der Waals surface area contributed by atoms with Crippen LogP contribution >= 0.6 is 0 Å². The zero-order chi connectivity index (χ0) is 10.2. The van der Waals surface area contributed by atoms with Crippen LogP contribution in [0.25, 0.3) is 0 Å². The van der Waals surface area contributed by atoms with E-state index in [0.717, 1.165) is 6.42 Å². The van der Waals surface area contributed by atoms with Gasteiger partial charge in [-0.25, -0.2) is 4.79 Å². The standard InChI is InChI=1S/C10H16O3/c1-6-7(11)4-5-10(2,3)8(6)9(12)13/h7,11H,4-5H2,1-3H3,(H,12,13)/t7-/m0/s1. The molecular formula is C10H16O3. The van der Waals surface area contributed by atoms with E-state index in [2.05, 4.69) is 0 Å². The second-order valence-corrected chi connectivity index (χ2v) is 4.30. The van der Waals surface area contributed by atoms with Gasteiger partial charge in [-0.1, -0.05) is 13.8 Å². The Morgan fingerprint density at radius 1 is 1.54 bits per heavy atom. The first kappa shape index (κ1) is 10.3. The maximum atomic E-state index is 11.0. The molecule has 3 heteroatoms. The third-order valence-electron chi connectivity index (χ3n) is 2.83. The van der Waals surface area contributed by atoms with Crippen LogP contribution < -0.4 is 0 Å². The monoisotopic (exact) mass is 184 g/mol. The van der Waals surface area contributed by atoms with Crippen LogP contribution in [0.15, 0.2) is 11.1 Å².